The van der Waals surface area contributed by atoms with Gasteiger partial charge >= 0.3 is 11.9 Å². The van der Waals surface area contributed by atoms with Crippen molar-refractivity contribution in [3.05, 3.63) is 53.1 Å². The van der Waals surface area contributed by atoms with Crippen LogP contribution in [0.15, 0.2) is 30.6 Å². The van der Waals surface area contributed by atoms with E-state index in [9.17, 15) is 19.8 Å². The van der Waals surface area contributed by atoms with Gasteiger partial charge in [0.15, 0.2) is 0 Å². The maximum absolute atomic E-state index is 12.2. The highest BCUT2D eigenvalue weighted by Gasteiger charge is 2.27. The molecule has 4 rings (SSSR count). The van der Waals surface area contributed by atoms with E-state index in [0.29, 0.717) is 11.1 Å². The van der Waals surface area contributed by atoms with Crippen molar-refractivity contribution in [1.82, 2.24) is 40.4 Å². The quantitative estimate of drug-likeness (QED) is 0.235. The third-order valence-corrected chi connectivity index (χ3v) is 5.46. The SMILES string of the molecule is COc1nc(Oc2nnn(CC(C)(C)C#Cc3cncc(Oc4nn[nH]c4C(=O)O)c3)c2C(=O)O)ccc1C#CC(C)(C)C. The summed E-state index contributed by atoms with van der Waals surface area (Å²) in [7, 11) is 1.45. The third kappa shape index (κ3) is 7.86. The molecule has 226 valence electrons. The van der Waals surface area contributed by atoms with Crippen molar-refractivity contribution < 1.29 is 34.0 Å². The van der Waals surface area contributed by atoms with Gasteiger partial charge in [-0.05, 0) is 46.8 Å². The number of methoxy groups -OCH3 is 1. The summed E-state index contributed by atoms with van der Waals surface area (Å²) in [5, 5.41) is 36.3. The normalized spacial score (nSPS) is 11.0. The first kappa shape index (κ1) is 31.0. The van der Waals surface area contributed by atoms with Crippen LogP contribution in [0.25, 0.3) is 0 Å². The zero-order valence-electron chi connectivity index (χ0n) is 24.7. The van der Waals surface area contributed by atoms with Crippen molar-refractivity contribution in [3.63, 3.8) is 0 Å². The van der Waals surface area contributed by atoms with Gasteiger partial charge in [0, 0.05) is 28.7 Å². The summed E-state index contributed by atoms with van der Waals surface area (Å²) in [6, 6.07) is 4.74. The molecule has 0 amide bonds. The van der Waals surface area contributed by atoms with Gasteiger partial charge in [-0.3, -0.25) is 4.98 Å². The standard InChI is InChI=1S/C29H28N8O7/c1-28(2,3)11-10-18-7-8-20(31-23(18)42-6)44-25-22(27(40)41)37(36-34-25)16-29(4,5)12-9-17-13-19(15-30-14-17)43-24-21(26(38)39)32-35-33-24/h7-8,13-15H,16H2,1-6H3,(H,38,39)(H,40,41)(H,32,33,35). The van der Waals surface area contributed by atoms with Gasteiger partial charge in [0.25, 0.3) is 11.8 Å². The smallest absolute Gasteiger partial charge is 0.359 e. The molecule has 4 heterocycles. The van der Waals surface area contributed by atoms with Crippen molar-refractivity contribution in [2.45, 2.75) is 41.2 Å². The highest BCUT2D eigenvalue weighted by molar-refractivity contribution is 5.88. The lowest BCUT2D eigenvalue weighted by Gasteiger charge is -2.17. The largest absolute Gasteiger partial charge is 0.480 e. The second kappa shape index (κ2) is 12.5. The van der Waals surface area contributed by atoms with E-state index in [1.54, 1.807) is 26.0 Å². The van der Waals surface area contributed by atoms with E-state index >= 15 is 0 Å². The summed E-state index contributed by atoms with van der Waals surface area (Å²) in [4.78, 5) is 31.8. The molecule has 0 aliphatic rings. The molecule has 0 aliphatic heterocycles. The number of aromatic nitrogens is 8. The molecule has 0 radical (unpaired) electrons. The number of hydrogen-bond donors (Lipinski definition) is 3. The molecule has 0 aromatic carbocycles. The Bertz CT molecular complexity index is 1830. The lowest BCUT2D eigenvalue weighted by molar-refractivity contribution is 0.0670. The number of carbonyl (C=O) groups is 2. The van der Waals surface area contributed by atoms with Crippen LogP contribution in [0.5, 0.6) is 29.3 Å². The maximum atomic E-state index is 12.2. The predicted molar refractivity (Wildman–Crippen MR) is 152 cm³/mol. The van der Waals surface area contributed by atoms with Gasteiger partial charge in [0.05, 0.1) is 25.4 Å². The maximum Gasteiger partial charge on any atom is 0.359 e. The molecule has 15 nitrogen and oxygen atoms in total. The molecule has 3 N–H and O–H groups in total. The summed E-state index contributed by atoms with van der Waals surface area (Å²) >= 11 is 0. The molecule has 0 unspecified atom stereocenters. The highest BCUT2D eigenvalue weighted by atomic mass is 16.5. The van der Waals surface area contributed by atoms with E-state index in [-0.39, 0.29) is 52.6 Å². The second-order valence-corrected chi connectivity index (χ2v) is 11.0. The van der Waals surface area contributed by atoms with E-state index in [4.69, 9.17) is 14.2 Å². The minimum atomic E-state index is -1.31. The lowest BCUT2D eigenvalue weighted by Crippen LogP contribution is -2.22. The topological polar surface area (TPSA) is 200 Å². The zero-order chi connectivity index (χ0) is 32.1. The fourth-order valence-corrected chi connectivity index (χ4v) is 3.50. The van der Waals surface area contributed by atoms with Gasteiger partial charge in [-0.15, -0.1) is 0 Å². The number of carboxylic acids is 2. The molecule has 0 atom stereocenters. The number of hydrogen-bond acceptors (Lipinski definition) is 11. The minimum Gasteiger partial charge on any atom is -0.480 e. The van der Waals surface area contributed by atoms with Crippen LogP contribution in [0.3, 0.4) is 0 Å². The molecule has 44 heavy (non-hydrogen) atoms. The molecular formula is C29H28N8O7. The van der Waals surface area contributed by atoms with E-state index in [0.717, 1.165) is 0 Å². The van der Waals surface area contributed by atoms with E-state index < -0.39 is 17.4 Å². The summed E-state index contributed by atoms with van der Waals surface area (Å²) in [5.74, 6) is 9.55. The van der Waals surface area contributed by atoms with E-state index in [2.05, 4.69) is 59.4 Å². The first-order valence-corrected chi connectivity index (χ1v) is 13.0. The van der Waals surface area contributed by atoms with Crippen LogP contribution in [0, 0.1) is 34.5 Å². The zero-order valence-corrected chi connectivity index (χ0v) is 24.7. The second-order valence-electron chi connectivity index (χ2n) is 11.0. The number of carboxylic acid groups (broad SMARTS) is 2. The first-order chi connectivity index (χ1) is 20.7. The Morgan fingerprint density at radius 2 is 1.73 bits per heavy atom. The van der Waals surface area contributed by atoms with Crippen LogP contribution in [0.4, 0.5) is 0 Å². The number of ether oxygens (including phenoxy) is 3. The van der Waals surface area contributed by atoms with Crippen molar-refractivity contribution in [3.8, 4) is 53.0 Å². The minimum absolute atomic E-state index is 0.0423. The van der Waals surface area contributed by atoms with E-state index in [1.165, 1.54) is 30.3 Å². The predicted octanol–water partition coefficient (Wildman–Crippen LogP) is 3.65. The molecule has 0 saturated heterocycles. The van der Waals surface area contributed by atoms with Gasteiger partial charge in [0.2, 0.25) is 23.1 Å². The molecular weight excluding hydrogens is 572 g/mol. The van der Waals surface area contributed by atoms with Crippen molar-refractivity contribution >= 4 is 11.9 Å². The summed E-state index contributed by atoms with van der Waals surface area (Å²) < 4.78 is 17.7. The van der Waals surface area contributed by atoms with Crippen molar-refractivity contribution in [1.29, 1.82) is 0 Å². The molecule has 0 bridgehead atoms. The Morgan fingerprint density at radius 1 is 0.955 bits per heavy atom. The van der Waals surface area contributed by atoms with Gasteiger partial charge in [-0.25, -0.2) is 19.4 Å². The lowest BCUT2D eigenvalue weighted by atomic mass is 9.94. The highest BCUT2D eigenvalue weighted by Crippen LogP contribution is 2.28. The molecule has 0 spiro atoms. The van der Waals surface area contributed by atoms with Crippen molar-refractivity contribution in [2.24, 2.45) is 10.8 Å². The Labute approximate surface area is 251 Å². The van der Waals surface area contributed by atoms with Gasteiger partial charge in [-0.2, -0.15) is 4.98 Å². The van der Waals surface area contributed by atoms with Crippen LogP contribution in [0.2, 0.25) is 0 Å². The van der Waals surface area contributed by atoms with Crippen LogP contribution in [0.1, 0.15) is 66.7 Å². The monoisotopic (exact) mass is 600 g/mol. The fraction of sp³-hybridized carbons (Fsp3) is 0.310. The summed E-state index contributed by atoms with van der Waals surface area (Å²) in [5.41, 5.74) is -0.639. The van der Waals surface area contributed by atoms with Crippen LogP contribution >= 0.6 is 0 Å². The van der Waals surface area contributed by atoms with E-state index in [1.807, 2.05) is 20.8 Å². The molecule has 0 aliphatic carbocycles. The Balaban J connectivity index is 1.52. The summed E-state index contributed by atoms with van der Waals surface area (Å²) in [6.45, 7) is 9.56. The van der Waals surface area contributed by atoms with Crippen LogP contribution in [-0.2, 0) is 6.54 Å². The molecule has 0 fully saturated rings. The number of H-pyrrole nitrogens is 1. The molecule has 0 saturated carbocycles. The van der Waals surface area contributed by atoms with Crippen LogP contribution < -0.4 is 14.2 Å². The van der Waals surface area contributed by atoms with Crippen LogP contribution in [-0.4, -0.2) is 69.6 Å². The van der Waals surface area contributed by atoms with Gasteiger partial charge in [0.1, 0.15) is 5.75 Å². The molecule has 4 aromatic heterocycles. The van der Waals surface area contributed by atoms with Crippen molar-refractivity contribution in [2.75, 3.05) is 7.11 Å². The average molecular weight is 601 g/mol. The number of aromatic amines is 1. The Kier molecular flexibility index (Phi) is 8.80. The van der Waals surface area contributed by atoms with Gasteiger partial charge < -0.3 is 24.4 Å². The Hall–Kier alpha value is -5.96. The first-order valence-electron chi connectivity index (χ1n) is 13.0. The average Bonchev–Trinajstić information content (AvgIpc) is 3.57. The fourth-order valence-electron chi connectivity index (χ4n) is 3.50. The number of pyridine rings is 2. The number of nitrogens with one attached hydrogen (secondary N) is 1. The Morgan fingerprint density at radius 3 is 2.41 bits per heavy atom. The number of nitrogens with zero attached hydrogens (tertiary/aromatic N) is 7. The number of rotatable bonds is 9. The van der Waals surface area contributed by atoms with Gasteiger partial charge in [-0.1, -0.05) is 44.3 Å². The molecule has 4 aromatic rings. The third-order valence-electron chi connectivity index (χ3n) is 5.46. The molecule has 15 heteroatoms. The summed E-state index contributed by atoms with van der Waals surface area (Å²) in [6.07, 6.45) is 2.85. The number of aromatic carboxylic acids is 2.